The lowest BCUT2D eigenvalue weighted by Crippen LogP contribution is -2.18. The number of aryl methyl sites for hydroxylation is 1. The molecule has 0 fully saturated rings. The Kier molecular flexibility index (Phi) is 6.33. The number of rotatable bonds is 5. The second-order valence-corrected chi connectivity index (χ2v) is 8.65. The SMILES string of the molecule is CCOC(=O)c1c(N=Cc2c(O)n(-c3ccc(F)cc3)c(=S)[nH]c2=O)sc2c1CCCC2. The maximum absolute atomic E-state index is 13.3. The number of benzene rings is 1. The van der Waals surface area contributed by atoms with E-state index in [9.17, 15) is 19.1 Å². The summed E-state index contributed by atoms with van der Waals surface area (Å²) in [6.45, 7) is 1.98. The Labute approximate surface area is 191 Å². The van der Waals surface area contributed by atoms with Gasteiger partial charge in [-0.2, -0.15) is 0 Å². The Bertz CT molecular complexity index is 1320. The Morgan fingerprint density at radius 2 is 2.06 bits per heavy atom. The first-order chi connectivity index (χ1) is 15.4. The van der Waals surface area contributed by atoms with Gasteiger partial charge in [0, 0.05) is 11.1 Å². The van der Waals surface area contributed by atoms with E-state index < -0.39 is 23.2 Å². The average Bonchev–Trinajstić information content (AvgIpc) is 3.13. The number of thiophene rings is 1. The van der Waals surface area contributed by atoms with Crippen molar-refractivity contribution in [1.82, 2.24) is 9.55 Å². The molecule has 2 heterocycles. The van der Waals surface area contributed by atoms with E-state index in [0.717, 1.165) is 36.1 Å². The summed E-state index contributed by atoms with van der Waals surface area (Å²) in [5, 5.41) is 11.2. The lowest BCUT2D eigenvalue weighted by atomic mass is 9.95. The molecule has 0 atom stereocenters. The van der Waals surface area contributed by atoms with Crippen LogP contribution < -0.4 is 5.56 Å². The van der Waals surface area contributed by atoms with Gasteiger partial charge in [0.05, 0.1) is 17.9 Å². The van der Waals surface area contributed by atoms with Gasteiger partial charge >= 0.3 is 5.97 Å². The molecule has 0 spiro atoms. The molecule has 4 rings (SSSR count). The number of ether oxygens (including phenoxy) is 1. The fraction of sp³-hybridized carbons (Fsp3) is 0.273. The highest BCUT2D eigenvalue weighted by molar-refractivity contribution is 7.71. The number of hydrogen-bond donors (Lipinski definition) is 2. The fourth-order valence-corrected chi connectivity index (χ4v) is 5.17. The van der Waals surface area contributed by atoms with Gasteiger partial charge in [-0.3, -0.25) is 14.3 Å². The minimum atomic E-state index is -0.631. The lowest BCUT2D eigenvalue weighted by molar-refractivity contribution is 0.0526. The summed E-state index contributed by atoms with van der Waals surface area (Å²) in [5.74, 6) is -1.33. The van der Waals surface area contributed by atoms with Crippen LogP contribution in [0.25, 0.3) is 5.69 Å². The third kappa shape index (κ3) is 4.15. The minimum absolute atomic E-state index is 0.0462. The van der Waals surface area contributed by atoms with Crippen molar-refractivity contribution in [2.24, 2.45) is 4.99 Å². The molecule has 0 bridgehead atoms. The Hall–Kier alpha value is -3.11. The second kappa shape index (κ2) is 9.17. The topological polar surface area (TPSA) is 96.7 Å². The molecule has 1 aromatic carbocycles. The van der Waals surface area contributed by atoms with E-state index in [1.165, 1.54) is 46.4 Å². The molecule has 2 N–H and O–H groups in total. The highest BCUT2D eigenvalue weighted by Crippen LogP contribution is 2.40. The van der Waals surface area contributed by atoms with Gasteiger partial charge in [-0.1, -0.05) is 0 Å². The molecule has 2 aromatic heterocycles. The van der Waals surface area contributed by atoms with Crippen molar-refractivity contribution in [3.8, 4) is 11.6 Å². The number of aromatic amines is 1. The number of aromatic hydroxyl groups is 1. The van der Waals surface area contributed by atoms with Crippen LogP contribution >= 0.6 is 23.6 Å². The number of nitrogens with zero attached hydrogens (tertiary/aromatic N) is 2. The van der Waals surface area contributed by atoms with Crippen LogP contribution in [0, 0.1) is 10.6 Å². The van der Waals surface area contributed by atoms with Crippen LogP contribution in [0.5, 0.6) is 5.88 Å². The van der Waals surface area contributed by atoms with Gasteiger partial charge in [-0.15, -0.1) is 11.3 Å². The van der Waals surface area contributed by atoms with Gasteiger partial charge in [0.25, 0.3) is 5.56 Å². The predicted molar refractivity (Wildman–Crippen MR) is 123 cm³/mol. The number of carbonyl (C=O) groups excluding carboxylic acids is 1. The Balaban J connectivity index is 1.81. The summed E-state index contributed by atoms with van der Waals surface area (Å²) in [5.41, 5.74) is 0.980. The van der Waals surface area contributed by atoms with Crippen molar-refractivity contribution in [1.29, 1.82) is 0 Å². The molecule has 10 heteroatoms. The molecule has 0 unspecified atom stereocenters. The van der Waals surface area contributed by atoms with Crippen molar-refractivity contribution in [3.63, 3.8) is 0 Å². The molecule has 32 heavy (non-hydrogen) atoms. The van der Waals surface area contributed by atoms with E-state index in [-0.39, 0.29) is 16.9 Å². The van der Waals surface area contributed by atoms with E-state index in [1.54, 1.807) is 6.92 Å². The van der Waals surface area contributed by atoms with Crippen molar-refractivity contribution in [3.05, 3.63) is 66.8 Å². The Morgan fingerprint density at radius 3 is 2.78 bits per heavy atom. The number of aliphatic imine (C=N–C) groups is 1. The van der Waals surface area contributed by atoms with Crippen LogP contribution in [0.1, 0.15) is 46.1 Å². The molecule has 0 radical (unpaired) electrons. The third-order valence-corrected chi connectivity index (χ3v) is 6.63. The number of aromatic nitrogens is 2. The molecule has 0 aliphatic heterocycles. The zero-order valence-electron chi connectivity index (χ0n) is 17.2. The fourth-order valence-electron chi connectivity index (χ4n) is 3.66. The van der Waals surface area contributed by atoms with Gasteiger partial charge in [-0.05, 0) is 74.7 Å². The minimum Gasteiger partial charge on any atom is -0.494 e. The van der Waals surface area contributed by atoms with Crippen molar-refractivity contribution < 1.29 is 19.0 Å². The maximum Gasteiger partial charge on any atom is 0.341 e. The molecular formula is C22H20FN3O4S2. The monoisotopic (exact) mass is 473 g/mol. The molecule has 0 saturated heterocycles. The number of halogens is 1. The number of H-pyrrole nitrogens is 1. The first kappa shape index (κ1) is 22.1. The van der Waals surface area contributed by atoms with Gasteiger partial charge in [-0.25, -0.2) is 14.2 Å². The summed E-state index contributed by atoms with van der Waals surface area (Å²) in [6.07, 6.45) is 4.87. The van der Waals surface area contributed by atoms with Crippen LogP contribution in [0.15, 0.2) is 34.1 Å². The van der Waals surface area contributed by atoms with E-state index >= 15 is 0 Å². The van der Waals surface area contributed by atoms with E-state index in [1.807, 2.05) is 0 Å². The zero-order valence-corrected chi connectivity index (χ0v) is 18.8. The second-order valence-electron chi connectivity index (χ2n) is 7.18. The number of fused-ring (bicyclic) bond motifs is 1. The van der Waals surface area contributed by atoms with Crippen molar-refractivity contribution in [2.45, 2.75) is 32.6 Å². The summed E-state index contributed by atoms with van der Waals surface area (Å²) in [7, 11) is 0. The van der Waals surface area contributed by atoms with E-state index in [4.69, 9.17) is 17.0 Å². The van der Waals surface area contributed by atoms with Crippen LogP contribution in [0.4, 0.5) is 9.39 Å². The molecule has 0 saturated carbocycles. The maximum atomic E-state index is 13.3. The van der Waals surface area contributed by atoms with Gasteiger partial charge in [0.15, 0.2) is 4.77 Å². The number of hydrogen-bond acceptors (Lipinski definition) is 7. The highest BCUT2D eigenvalue weighted by Gasteiger charge is 2.26. The molecule has 3 aromatic rings. The van der Waals surface area contributed by atoms with Crippen molar-refractivity contribution >= 4 is 40.7 Å². The molecular weight excluding hydrogens is 453 g/mol. The lowest BCUT2D eigenvalue weighted by Gasteiger charge is -2.12. The number of nitrogens with one attached hydrogen (secondary N) is 1. The summed E-state index contributed by atoms with van der Waals surface area (Å²) >= 11 is 6.56. The van der Waals surface area contributed by atoms with Crippen LogP contribution in [0.3, 0.4) is 0 Å². The standard InChI is InChI=1S/C22H20FN3O4S2/c1-2-30-21(29)17-14-5-3-4-6-16(14)32-19(17)24-11-15-18(27)25-22(31)26(20(15)28)13-9-7-12(23)8-10-13/h7-11,28H,2-6H2,1H3,(H,25,27,31). The smallest absolute Gasteiger partial charge is 0.341 e. The molecule has 166 valence electrons. The predicted octanol–water partition coefficient (Wildman–Crippen LogP) is 4.61. The van der Waals surface area contributed by atoms with Crippen LogP contribution in [-0.2, 0) is 17.6 Å². The van der Waals surface area contributed by atoms with E-state index in [0.29, 0.717) is 16.3 Å². The molecule has 7 nitrogen and oxygen atoms in total. The van der Waals surface area contributed by atoms with Crippen LogP contribution in [-0.4, -0.2) is 33.4 Å². The average molecular weight is 474 g/mol. The number of esters is 1. The summed E-state index contributed by atoms with van der Waals surface area (Å²) < 4.78 is 19.7. The van der Waals surface area contributed by atoms with E-state index in [2.05, 4.69) is 9.98 Å². The zero-order chi connectivity index (χ0) is 22.8. The van der Waals surface area contributed by atoms with Gasteiger partial charge in [0.1, 0.15) is 16.4 Å². The summed E-state index contributed by atoms with van der Waals surface area (Å²) in [6, 6.07) is 5.29. The highest BCUT2D eigenvalue weighted by atomic mass is 32.1. The third-order valence-electron chi connectivity index (χ3n) is 5.15. The molecule has 1 aliphatic rings. The van der Waals surface area contributed by atoms with Gasteiger partial charge in [0.2, 0.25) is 5.88 Å². The quantitative estimate of drug-likeness (QED) is 0.321. The first-order valence-corrected chi connectivity index (χ1v) is 11.3. The molecule has 1 aliphatic carbocycles. The normalized spacial score (nSPS) is 13.3. The largest absolute Gasteiger partial charge is 0.494 e. The van der Waals surface area contributed by atoms with Gasteiger partial charge < -0.3 is 9.84 Å². The summed E-state index contributed by atoms with van der Waals surface area (Å²) in [4.78, 5) is 33.1. The molecule has 0 amide bonds. The number of carbonyl (C=O) groups is 1. The van der Waals surface area contributed by atoms with Crippen molar-refractivity contribution in [2.75, 3.05) is 6.61 Å². The van der Waals surface area contributed by atoms with Crippen LogP contribution in [0.2, 0.25) is 0 Å². The first-order valence-electron chi connectivity index (χ1n) is 10.1. The Morgan fingerprint density at radius 1 is 1.34 bits per heavy atom.